The molecule has 37 heavy (non-hydrogen) atoms. The highest BCUT2D eigenvalue weighted by Crippen LogP contribution is 2.36. The second kappa shape index (κ2) is 10.4. The van der Waals surface area contributed by atoms with Crippen molar-refractivity contribution in [2.45, 2.75) is 26.7 Å². The predicted molar refractivity (Wildman–Crippen MR) is 139 cm³/mol. The number of amides is 4. The summed E-state index contributed by atoms with van der Waals surface area (Å²) in [4.78, 5) is 51.6. The number of rotatable bonds is 7. The number of anilines is 2. The average molecular weight is 503 g/mol. The van der Waals surface area contributed by atoms with E-state index in [0.29, 0.717) is 40.2 Å². The number of aliphatic carboxylic acids is 1. The minimum Gasteiger partial charge on any atom is -0.497 e. The molecule has 0 bridgehead atoms. The van der Waals surface area contributed by atoms with Gasteiger partial charge in [0.05, 0.1) is 18.4 Å². The summed E-state index contributed by atoms with van der Waals surface area (Å²) < 4.78 is 5.06. The minimum absolute atomic E-state index is 0.0217. The summed E-state index contributed by atoms with van der Waals surface area (Å²) in [5, 5.41) is 16.7. The van der Waals surface area contributed by atoms with E-state index in [1.54, 1.807) is 48.5 Å². The summed E-state index contributed by atoms with van der Waals surface area (Å²) in [6.45, 7) is 3.76. The van der Waals surface area contributed by atoms with Gasteiger partial charge in [-0.05, 0) is 73.9 Å². The number of imide groups is 1. The van der Waals surface area contributed by atoms with E-state index in [9.17, 15) is 19.2 Å². The summed E-state index contributed by atoms with van der Waals surface area (Å²) >= 11 is 0. The van der Waals surface area contributed by atoms with Crippen LogP contribution in [0.4, 0.5) is 16.2 Å². The molecule has 2 heterocycles. The highest BCUT2D eigenvalue weighted by atomic mass is 16.5. The summed E-state index contributed by atoms with van der Waals surface area (Å²) in [5.41, 5.74) is 5.71. The van der Waals surface area contributed by atoms with Gasteiger partial charge in [-0.2, -0.15) is 0 Å². The number of carbonyl (C=O) groups is 4. The quantitative estimate of drug-likeness (QED) is 0.307. The number of carboxylic acids is 1. The van der Waals surface area contributed by atoms with Crippen molar-refractivity contribution < 1.29 is 29.0 Å². The highest BCUT2D eigenvalue weighted by molar-refractivity contribution is 6.35. The number of carbonyl (C=O) groups excluding carboxylic acids is 3. The van der Waals surface area contributed by atoms with E-state index in [1.165, 1.54) is 7.11 Å². The van der Waals surface area contributed by atoms with Crippen molar-refractivity contribution in [1.29, 1.82) is 0 Å². The Hall–Kier alpha value is -4.86. The number of carboxylic acid groups (broad SMARTS) is 1. The molecular formula is C27H26N4O6. The first-order valence-electron chi connectivity index (χ1n) is 11.5. The first kappa shape index (κ1) is 25.2. The monoisotopic (exact) mass is 502 g/mol. The molecule has 1 aromatic heterocycles. The number of fused-ring (bicyclic) bond motifs is 1. The molecule has 10 heteroatoms. The predicted octanol–water partition coefficient (Wildman–Crippen LogP) is 4.11. The van der Waals surface area contributed by atoms with Crippen molar-refractivity contribution in [2.75, 3.05) is 17.7 Å². The molecule has 1 aliphatic heterocycles. The lowest BCUT2D eigenvalue weighted by molar-refractivity contribution is -0.137. The number of aryl methyl sites for hydroxylation is 1. The van der Waals surface area contributed by atoms with Crippen LogP contribution in [0.15, 0.2) is 42.5 Å². The molecule has 4 rings (SSSR count). The molecular weight excluding hydrogens is 476 g/mol. The zero-order chi connectivity index (χ0) is 26.7. The van der Waals surface area contributed by atoms with Crippen molar-refractivity contribution in [1.82, 2.24) is 10.3 Å². The fourth-order valence-corrected chi connectivity index (χ4v) is 4.21. The molecule has 0 fully saturated rings. The van der Waals surface area contributed by atoms with Crippen LogP contribution in [0.2, 0.25) is 0 Å². The van der Waals surface area contributed by atoms with Gasteiger partial charge in [0.2, 0.25) is 0 Å². The molecule has 0 saturated carbocycles. The zero-order valence-electron chi connectivity index (χ0n) is 20.5. The normalized spacial score (nSPS) is 13.2. The number of methoxy groups -OCH3 is 1. The Bertz CT molecular complexity index is 1440. The smallest absolute Gasteiger partial charge is 0.326 e. The van der Waals surface area contributed by atoms with E-state index in [-0.39, 0.29) is 12.3 Å². The molecule has 190 valence electrons. The molecule has 0 saturated heterocycles. The number of aromatic nitrogens is 1. The summed E-state index contributed by atoms with van der Waals surface area (Å²) in [6.07, 6.45) is 2.16. The lowest BCUT2D eigenvalue weighted by Crippen LogP contribution is -2.34. The average Bonchev–Trinajstić information content (AvgIpc) is 3.31. The molecule has 0 radical (unpaired) electrons. The lowest BCUT2D eigenvalue weighted by Gasteiger charge is -2.09. The van der Waals surface area contributed by atoms with Gasteiger partial charge in [0.15, 0.2) is 0 Å². The maximum Gasteiger partial charge on any atom is 0.326 e. The minimum atomic E-state index is -0.868. The van der Waals surface area contributed by atoms with Gasteiger partial charge in [-0.1, -0.05) is 6.07 Å². The van der Waals surface area contributed by atoms with Gasteiger partial charge >= 0.3 is 12.0 Å². The molecule has 0 spiro atoms. The van der Waals surface area contributed by atoms with Crippen LogP contribution >= 0.6 is 0 Å². The third-order valence-corrected chi connectivity index (χ3v) is 6.15. The number of ether oxygens (including phenoxy) is 1. The van der Waals surface area contributed by atoms with Crippen LogP contribution in [-0.4, -0.2) is 41.0 Å². The summed E-state index contributed by atoms with van der Waals surface area (Å²) in [5.74, 6) is -1.15. The van der Waals surface area contributed by atoms with E-state index in [1.807, 2.05) is 13.8 Å². The van der Waals surface area contributed by atoms with Crippen LogP contribution in [0.1, 0.15) is 44.9 Å². The van der Waals surface area contributed by atoms with E-state index in [0.717, 1.165) is 22.5 Å². The third-order valence-electron chi connectivity index (χ3n) is 6.15. The highest BCUT2D eigenvalue weighted by Gasteiger charge is 2.25. The number of H-pyrrole nitrogens is 1. The van der Waals surface area contributed by atoms with Gasteiger partial charge in [-0.3, -0.25) is 19.7 Å². The molecule has 2 aromatic carbocycles. The molecule has 0 aliphatic carbocycles. The largest absolute Gasteiger partial charge is 0.497 e. The topological polar surface area (TPSA) is 150 Å². The SMILES string of the molecule is COc1ccc(C(=O)NC(=O)Nc2ccc3c(c2)NC(=O)C3=Cc2[nH]c(C)c(CCC(=O)O)c2C)cc1. The van der Waals surface area contributed by atoms with Crippen LogP contribution in [0.3, 0.4) is 0 Å². The number of aromatic amines is 1. The zero-order valence-corrected chi connectivity index (χ0v) is 20.5. The van der Waals surface area contributed by atoms with Crippen molar-refractivity contribution in [2.24, 2.45) is 0 Å². The van der Waals surface area contributed by atoms with Crippen LogP contribution in [0, 0.1) is 13.8 Å². The van der Waals surface area contributed by atoms with Gasteiger partial charge in [0.25, 0.3) is 11.8 Å². The third kappa shape index (κ3) is 5.53. The van der Waals surface area contributed by atoms with E-state index in [2.05, 4.69) is 20.9 Å². The van der Waals surface area contributed by atoms with E-state index >= 15 is 0 Å². The fraction of sp³-hybridized carbons (Fsp3) is 0.185. The Morgan fingerprint density at radius 2 is 1.81 bits per heavy atom. The van der Waals surface area contributed by atoms with Gasteiger partial charge in [-0.25, -0.2) is 4.79 Å². The van der Waals surface area contributed by atoms with Gasteiger partial charge in [0, 0.05) is 34.6 Å². The van der Waals surface area contributed by atoms with Crippen LogP contribution in [0.25, 0.3) is 11.6 Å². The molecule has 0 atom stereocenters. The van der Waals surface area contributed by atoms with Crippen molar-refractivity contribution in [3.05, 3.63) is 76.1 Å². The first-order valence-corrected chi connectivity index (χ1v) is 11.5. The number of nitrogens with one attached hydrogen (secondary N) is 4. The Labute approximate surface area is 212 Å². The number of benzene rings is 2. The summed E-state index contributed by atoms with van der Waals surface area (Å²) in [6, 6.07) is 10.6. The molecule has 4 amide bonds. The van der Waals surface area contributed by atoms with Gasteiger partial charge < -0.3 is 25.5 Å². The molecule has 1 aliphatic rings. The Morgan fingerprint density at radius 3 is 2.49 bits per heavy atom. The van der Waals surface area contributed by atoms with Gasteiger partial charge in [-0.15, -0.1) is 0 Å². The molecule has 5 N–H and O–H groups in total. The Morgan fingerprint density at radius 1 is 1.08 bits per heavy atom. The van der Waals surface area contributed by atoms with Crippen LogP contribution in [0.5, 0.6) is 5.75 Å². The van der Waals surface area contributed by atoms with Crippen molar-refractivity contribution in [3.63, 3.8) is 0 Å². The second-order valence-corrected chi connectivity index (χ2v) is 8.57. The fourth-order valence-electron chi connectivity index (χ4n) is 4.21. The van der Waals surface area contributed by atoms with E-state index < -0.39 is 17.9 Å². The van der Waals surface area contributed by atoms with Crippen molar-refractivity contribution >= 4 is 46.8 Å². The van der Waals surface area contributed by atoms with Gasteiger partial charge in [0.1, 0.15) is 5.75 Å². The van der Waals surface area contributed by atoms with Crippen LogP contribution < -0.4 is 20.7 Å². The maximum atomic E-state index is 12.7. The lowest BCUT2D eigenvalue weighted by atomic mass is 10.0. The Kier molecular flexibility index (Phi) is 7.10. The second-order valence-electron chi connectivity index (χ2n) is 8.57. The number of hydrogen-bond acceptors (Lipinski definition) is 5. The Balaban J connectivity index is 1.48. The maximum absolute atomic E-state index is 12.7. The first-order chi connectivity index (χ1) is 17.7. The van der Waals surface area contributed by atoms with E-state index in [4.69, 9.17) is 9.84 Å². The molecule has 0 unspecified atom stereocenters. The number of urea groups is 1. The summed E-state index contributed by atoms with van der Waals surface area (Å²) in [7, 11) is 1.52. The van der Waals surface area contributed by atoms with Crippen LogP contribution in [-0.2, 0) is 16.0 Å². The molecule has 3 aromatic rings. The standard InChI is InChI=1S/C27H26N4O6/c1-14-19(10-11-24(32)33)15(2)28-22(14)13-21-20-9-6-17(12-23(20)30-26(21)35)29-27(36)31-25(34)16-4-7-18(37-3)8-5-16/h4-9,12-13,28H,10-11H2,1-3H3,(H,30,35)(H,32,33)(H2,29,31,34,36). The molecule has 10 nitrogen and oxygen atoms in total. The van der Waals surface area contributed by atoms with Crippen molar-refractivity contribution in [3.8, 4) is 5.75 Å². The number of hydrogen-bond donors (Lipinski definition) is 5.